The number of nitrogens with two attached hydrogens (primary N) is 1. The monoisotopic (exact) mass is 208 g/mol. The second kappa shape index (κ2) is 4.80. The third kappa shape index (κ3) is 2.28. The molecule has 0 bridgehead atoms. The van der Waals surface area contributed by atoms with Crippen molar-refractivity contribution in [2.24, 2.45) is 5.73 Å². The number of hydrogen-bond donors (Lipinski definition) is 1. The van der Waals surface area contributed by atoms with Gasteiger partial charge in [0.1, 0.15) is 0 Å². The quantitative estimate of drug-likeness (QED) is 0.811. The third-order valence-electron chi connectivity index (χ3n) is 2.68. The molecule has 0 aromatic carbocycles. The highest BCUT2D eigenvalue weighted by Gasteiger charge is 2.22. The molecule has 14 heavy (non-hydrogen) atoms. The van der Waals surface area contributed by atoms with Crippen LogP contribution >= 0.6 is 11.8 Å². The Kier molecular flexibility index (Phi) is 3.43. The molecule has 0 aliphatic carbocycles. The summed E-state index contributed by atoms with van der Waals surface area (Å²) < 4.78 is 0. The van der Waals surface area contributed by atoms with E-state index in [1.165, 1.54) is 30.6 Å². The first-order valence-electron chi connectivity index (χ1n) is 5.15. The number of hydrogen-bond acceptors (Lipinski definition) is 3. The van der Waals surface area contributed by atoms with E-state index in [1.807, 2.05) is 24.0 Å². The van der Waals surface area contributed by atoms with Crippen molar-refractivity contribution in [1.82, 2.24) is 4.98 Å². The number of rotatable bonds is 2. The molecule has 1 aliphatic rings. The minimum Gasteiger partial charge on any atom is -0.323 e. The molecule has 1 fully saturated rings. The Morgan fingerprint density at radius 3 is 3.07 bits per heavy atom. The van der Waals surface area contributed by atoms with Crippen molar-refractivity contribution in [3.63, 3.8) is 0 Å². The lowest BCUT2D eigenvalue weighted by molar-refractivity contribution is 0.581. The predicted octanol–water partition coefficient (Wildman–Crippen LogP) is 2.37. The highest BCUT2D eigenvalue weighted by molar-refractivity contribution is 8.00. The lowest BCUT2D eigenvalue weighted by Gasteiger charge is -2.26. The molecule has 2 nitrogen and oxygen atoms in total. The van der Waals surface area contributed by atoms with Crippen molar-refractivity contribution in [3.8, 4) is 0 Å². The van der Waals surface area contributed by atoms with Crippen LogP contribution in [0.15, 0.2) is 24.5 Å². The average Bonchev–Trinajstić information content (AvgIpc) is 2.30. The number of nitrogens with zero attached hydrogens (tertiary/aromatic N) is 1. The van der Waals surface area contributed by atoms with Crippen LogP contribution in [0, 0.1) is 0 Å². The van der Waals surface area contributed by atoms with E-state index in [0.717, 1.165) is 0 Å². The van der Waals surface area contributed by atoms with E-state index >= 15 is 0 Å². The van der Waals surface area contributed by atoms with Gasteiger partial charge in [-0.3, -0.25) is 4.98 Å². The van der Waals surface area contributed by atoms with E-state index in [4.69, 9.17) is 5.73 Å². The van der Waals surface area contributed by atoms with E-state index in [9.17, 15) is 0 Å². The van der Waals surface area contributed by atoms with Crippen LogP contribution in [0.1, 0.15) is 30.9 Å². The maximum atomic E-state index is 6.21. The van der Waals surface area contributed by atoms with Crippen LogP contribution in [0.3, 0.4) is 0 Å². The summed E-state index contributed by atoms with van der Waals surface area (Å²) in [6, 6.07) is 4.20. The van der Waals surface area contributed by atoms with Crippen molar-refractivity contribution in [2.45, 2.75) is 30.6 Å². The van der Waals surface area contributed by atoms with Gasteiger partial charge in [0, 0.05) is 23.7 Å². The van der Waals surface area contributed by atoms with Gasteiger partial charge in [0.2, 0.25) is 0 Å². The molecule has 1 aromatic rings. The van der Waals surface area contributed by atoms with Gasteiger partial charge in [0.05, 0.1) is 0 Å². The standard InChI is InChI=1S/C11H16N2S/c12-11(9-4-3-6-13-8-9)10-5-1-2-7-14-10/h3-4,6,8,10-11H,1-2,5,7,12H2. The number of aromatic nitrogens is 1. The topological polar surface area (TPSA) is 38.9 Å². The van der Waals surface area contributed by atoms with Crippen LogP contribution in [0.25, 0.3) is 0 Å². The van der Waals surface area contributed by atoms with Crippen molar-refractivity contribution in [3.05, 3.63) is 30.1 Å². The van der Waals surface area contributed by atoms with Crippen LogP contribution in [0.4, 0.5) is 0 Å². The first-order chi connectivity index (χ1) is 6.88. The van der Waals surface area contributed by atoms with E-state index in [-0.39, 0.29) is 6.04 Å². The summed E-state index contributed by atoms with van der Waals surface area (Å²) in [5.74, 6) is 1.26. The smallest absolute Gasteiger partial charge is 0.0430 e. The van der Waals surface area contributed by atoms with E-state index in [1.54, 1.807) is 6.20 Å². The third-order valence-corrected chi connectivity index (χ3v) is 4.17. The van der Waals surface area contributed by atoms with Crippen LogP contribution in [-0.2, 0) is 0 Å². The van der Waals surface area contributed by atoms with Gasteiger partial charge in [-0.15, -0.1) is 0 Å². The van der Waals surface area contributed by atoms with E-state index < -0.39 is 0 Å². The summed E-state index contributed by atoms with van der Waals surface area (Å²) in [5.41, 5.74) is 7.38. The molecule has 0 amide bonds. The molecule has 2 unspecified atom stereocenters. The minimum atomic E-state index is 0.161. The molecule has 2 N–H and O–H groups in total. The Hall–Kier alpha value is -0.540. The molecule has 0 spiro atoms. The molecule has 0 saturated carbocycles. The minimum absolute atomic E-state index is 0.161. The Balaban J connectivity index is 2.03. The Labute approximate surface area is 89.3 Å². The van der Waals surface area contributed by atoms with Gasteiger partial charge in [-0.1, -0.05) is 12.5 Å². The fourth-order valence-electron chi connectivity index (χ4n) is 1.84. The normalized spacial score (nSPS) is 24.5. The predicted molar refractivity (Wildman–Crippen MR) is 61.3 cm³/mol. The first kappa shape index (κ1) is 9.99. The van der Waals surface area contributed by atoms with Crippen LogP contribution in [0.5, 0.6) is 0 Å². The lowest BCUT2D eigenvalue weighted by Crippen LogP contribution is -2.26. The molecule has 3 heteroatoms. The maximum Gasteiger partial charge on any atom is 0.0430 e. The molecule has 1 saturated heterocycles. The highest BCUT2D eigenvalue weighted by Crippen LogP contribution is 2.32. The molecule has 76 valence electrons. The van der Waals surface area contributed by atoms with Crippen molar-refractivity contribution < 1.29 is 0 Å². The van der Waals surface area contributed by atoms with Crippen LogP contribution < -0.4 is 5.73 Å². The molecule has 2 rings (SSSR count). The van der Waals surface area contributed by atoms with Gasteiger partial charge in [0.15, 0.2) is 0 Å². The van der Waals surface area contributed by atoms with Gasteiger partial charge in [-0.05, 0) is 30.2 Å². The summed E-state index contributed by atoms with van der Waals surface area (Å²) in [6.07, 6.45) is 7.61. The van der Waals surface area contributed by atoms with Crippen molar-refractivity contribution in [2.75, 3.05) is 5.75 Å². The zero-order valence-electron chi connectivity index (χ0n) is 8.23. The summed E-state index contributed by atoms with van der Waals surface area (Å²) in [6.45, 7) is 0. The zero-order chi connectivity index (χ0) is 9.80. The first-order valence-corrected chi connectivity index (χ1v) is 6.20. The molecule has 0 radical (unpaired) electrons. The fourth-order valence-corrected chi connectivity index (χ4v) is 3.21. The number of pyridine rings is 1. The SMILES string of the molecule is NC(c1cccnc1)C1CCCCS1. The van der Waals surface area contributed by atoms with Crippen molar-refractivity contribution >= 4 is 11.8 Å². The lowest BCUT2D eigenvalue weighted by atomic mass is 10.0. The van der Waals surface area contributed by atoms with E-state index in [2.05, 4.69) is 11.1 Å². The fraction of sp³-hybridized carbons (Fsp3) is 0.545. The summed E-state index contributed by atoms with van der Waals surface area (Å²) >= 11 is 2.01. The van der Waals surface area contributed by atoms with Gasteiger partial charge < -0.3 is 5.73 Å². The molecule has 2 heterocycles. The van der Waals surface area contributed by atoms with Crippen LogP contribution in [-0.4, -0.2) is 16.0 Å². The summed E-state index contributed by atoms with van der Waals surface area (Å²) in [4.78, 5) is 4.11. The average molecular weight is 208 g/mol. The molecular formula is C11H16N2S. The van der Waals surface area contributed by atoms with Gasteiger partial charge in [-0.2, -0.15) is 11.8 Å². The zero-order valence-corrected chi connectivity index (χ0v) is 9.04. The molecule has 1 aromatic heterocycles. The highest BCUT2D eigenvalue weighted by atomic mass is 32.2. The Morgan fingerprint density at radius 2 is 2.43 bits per heavy atom. The molecular weight excluding hydrogens is 192 g/mol. The Bertz CT molecular complexity index is 270. The van der Waals surface area contributed by atoms with Gasteiger partial charge >= 0.3 is 0 Å². The van der Waals surface area contributed by atoms with Gasteiger partial charge in [-0.25, -0.2) is 0 Å². The van der Waals surface area contributed by atoms with E-state index in [0.29, 0.717) is 5.25 Å². The number of thioether (sulfide) groups is 1. The van der Waals surface area contributed by atoms with Crippen LogP contribution in [0.2, 0.25) is 0 Å². The summed E-state index contributed by atoms with van der Waals surface area (Å²) in [7, 11) is 0. The molecule has 2 atom stereocenters. The maximum absolute atomic E-state index is 6.21. The Morgan fingerprint density at radius 1 is 1.50 bits per heavy atom. The molecule has 1 aliphatic heterocycles. The second-order valence-corrected chi connectivity index (χ2v) is 5.06. The summed E-state index contributed by atoms with van der Waals surface area (Å²) in [5, 5.41) is 0.591. The largest absolute Gasteiger partial charge is 0.323 e. The van der Waals surface area contributed by atoms with Crippen molar-refractivity contribution in [1.29, 1.82) is 0 Å². The van der Waals surface area contributed by atoms with Gasteiger partial charge in [0.25, 0.3) is 0 Å². The second-order valence-electron chi connectivity index (χ2n) is 3.72.